The van der Waals surface area contributed by atoms with Crippen molar-refractivity contribution in [2.45, 2.75) is 19.9 Å². The summed E-state index contributed by atoms with van der Waals surface area (Å²) in [6, 6.07) is 12.5. The second kappa shape index (κ2) is 7.30. The SMILES string of the molecule is CCNC(c1cc(C)cc(Br)c1)c1ccc(OC)c(Cl)c1. The van der Waals surface area contributed by atoms with E-state index in [-0.39, 0.29) is 6.04 Å². The standard InChI is InChI=1S/C17H19BrClNO/c1-4-20-17(13-7-11(2)8-14(18)9-13)12-5-6-16(21-3)15(19)10-12/h5-10,17,20H,4H2,1-3H3. The summed E-state index contributed by atoms with van der Waals surface area (Å²) in [5.41, 5.74) is 3.56. The number of hydrogen-bond acceptors (Lipinski definition) is 2. The van der Waals surface area contributed by atoms with E-state index in [0.29, 0.717) is 10.8 Å². The van der Waals surface area contributed by atoms with Crippen molar-refractivity contribution in [1.82, 2.24) is 5.32 Å². The average molecular weight is 369 g/mol. The molecular weight excluding hydrogens is 350 g/mol. The molecule has 0 saturated carbocycles. The van der Waals surface area contributed by atoms with Crippen LogP contribution in [0.5, 0.6) is 5.75 Å². The highest BCUT2D eigenvalue weighted by atomic mass is 79.9. The van der Waals surface area contributed by atoms with Gasteiger partial charge in [0.2, 0.25) is 0 Å². The molecule has 2 aromatic carbocycles. The largest absolute Gasteiger partial charge is 0.495 e. The monoisotopic (exact) mass is 367 g/mol. The lowest BCUT2D eigenvalue weighted by Gasteiger charge is -2.20. The summed E-state index contributed by atoms with van der Waals surface area (Å²) >= 11 is 9.83. The highest BCUT2D eigenvalue weighted by Crippen LogP contribution is 2.31. The van der Waals surface area contributed by atoms with Crippen molar-refractivity contribution in [1.29, 1.82) is 0 Å². The number of ether oxygens (including phenoxy) is 1. The second-order valence-electron chi connectivity index (χ2n) is 4.95. The van der Waals surface area contributed by atoms with Gasteiger partial charge in [-0.2, -0.15) is 0 Å². The van der Waals surface area contributed by atoms with Gasteiger partial charge in [0.05, 0.1) is 18.2 Å². The molecule has 0 fully saturated rings. The van der Waals surface area contributed by atoms with Crippen LogP contribution < -0.4 is 10.1 Å². The van der Waals surface area contributed by atoms with E-state index in [2.05, 4.69) is 53.3 Å². The Morgan fingerprint density at radius 1 is 1.19 bits per heavy atom. The molecule has 2 nitrogen and oxygen atoms in total. The summed E-state index contributed by atoms with van der Waals surface area (Å²) in [5.74, 6) is 0.695. The summed E-state index contributed by atoms with van der Waals surface area (Å²) in [7, 11) is 1.63. The third-order valence-electron chi connectivity index (χ3n) is 3.32. The predicted molar refractivity (Wildman–Crippen MR) is 92.4 cm³/mol. The van der Waals surface area contributed by atoms with Gasteiger partial charge in [-0.15, -0.1) is 0 Å². The lowest BCUT2D eigenvalue weighted by atomic mass is 9.97. The fraction of sp³-hybridized carbons (Fsp3) is 0.294. The second-order valence-corrected chi connectivity index (χ2v) is 6.27. The van der Waals surface area contributed by atoms with Gasteiger partial charge in [0, 0.05) is 4.47 Å². The minimum Gasteiger partial charge on any atom is -0.495 e. The number of nitrogens with one attached hydrogen (secondary N) is 1. The Labute approximate surface area is 139 Å². The van der Waals surface area contributed by atoms with Crippen molar-refractivity contribution in [2.75, 3.05) is 13.7 Å². The summed E-state index contributed by atoms with van der Waals surface area (Å²) in [6.45, 7) is 5.07. The van der Waals surface area contributed by atoms with Crippen LogP contribution in [0.3, 0.4) is 0 Å². The maximum atomic E-state index is 6.26. The molecule has 1 atom stereocenters. The number of rotatable bonds is 5. The first-order valence-corrected chi connectivity index (χ1v) is 8.06. The third-order valence-corrected chi connectivity index (χ3v) is 4.07. The molecule has 0 heterocycles. The van der Waals surface area contributed by atoms with Gasteiger partial charge in [-0.05, 0) is 54.4 Å². The highest BCUT2D eigenvalue weighted by Gasteiger charge is 2.15. The summed E-state index contributed by atoms with van der Waals surface area (Å²) in [4.78, 5) is 0. The highest BCUT2D eigenvalue weighted by molar-refractivity contribution is 9.10. The van der Waals surface area contributed by atoms with Crippen molar-refractivity contribution < 1.29 is 4.74 Å². The Bertz CT molecular complexity index is 610. The fourth-order valence-corrected chi connectivity index (χ4v) is 3.32. The maximum Gasteiger partial charge on any atom is 0.137 e. The van der Waals surface area contributed by atoms with Gasteiger partial charge in [-0.1, -0.05) is 46.6 Å². The number of aryl methyl sites for hydroxylation is 1. The molecule has 1 N–H and O–H groups in total. The Morgan fingerprint density at radius 3 is 2.52 bits per heavy atom. The zero-order valence-electron chi connectivity index (χ0n) is 12.4. The molecule has 0 bridgehead atoms. The lowest BCUT2D eigenvalue weighted by molar-refractivity contribution is 0.414. The van der Waals surface area contributed by atoms with Crippen molar-refractivity contribution in [3.8, 4) is 5.75 Å². The van der Waals surface area contributed by atoms with Gasteiger partial charge in [0.25, 0.3) is 0 Å². The van der Waals surface area contributed by atoms with Crippen LogP contribution in [0.1, 0.15) is 29.7 Å². The molecule has 0 aromatic heterocycles. The molecule has 1 unspecified atom stereocenters. The van der Waals surface area contributed by atoms with Gasteiger partial charge in [-0.3, -0.25) is 0 Å². The zero-order valence-corrected chi connectivity index (χ0v) is 14.8. The number of benzene rings is 2. The van der Waals surface area contributed by atoms with E-state index in [1.807, 2.05) is 18.2 Å². The van der Waals surface area contributed by atoms with Crippen molar-refractivity contribution in [2.24, 2.45) is 0 Å². The van der Waals surface area contributed by atoms with Gasteiger partial charge < -0.3 is 10.1 Å². The maximum absolute atomic E-state index is 6.26. The molecule has 0 spiro atoms. The number of halogens is 2. The molecule has 4 heteroatoms. The van der Waals surface area contributed by atoms with Crippen LogP contribution in [-0.2, 0) is 0 Å². The molecule has 0 saturated heterocycles. The van der Waals surface area contributed by atoms with Gasteiger partial charge in [0.1, 0.15) is 5.75 Å². The molecule has 2 rings (SSSR count). The van der Waals surface area contributed by atoms with Gasteiger partial charge in [0.15, 0.2) is 0 Å². The molecule has 0 aliphatic rings. The Morgan fingerprint density at radius 2 is 1.95 bits per heavy atom. The third kappa shape index (κ3) is 4.00. The van der Waals surface area contributed by atoms with Crippen LogP contribution in [0.15, 0.2) is 40.9 Å². The molecule has 0 aliphatic carbocycles. The normalized spacial score (nSPS) is 12.2. The van der Waals surface area contributed by atoms with Crippen LogP contribution in [0, 0.1) is 6.92 Å². The molecular formula is C17H19BrClNO. The van der Waals surface area contributed by atoms with Crippen LogP contribution in [0.2, 0.25) is 5.02 Å². The molecule has 0 radical (unpaired) electrons. The number of methoxy groups -OCH3 is 1. The van der Waals surface area contributed by atoms with Gasteiger partial charge >= 0.3 is 0 Å². The smallest absolute Gasteiger partial charge is 0.137 e. The van der Waals surface area contributed by atoms with Crippen LogP contribution in [0.25, 0.3) is 0 Å². The first-order chi connectivity index (χ1) is 10.0. The van der Waals surface area contributed by atoms with E-state index < -0.39 is 0 Å². The van der Waals surface area contributed by atoms with Crippen LogP contribution in [0.4, 0.5) is 0 Å². The molecule has 112 valence electrons. The van der Waals surface area contributed by atoms with Crippen molar-refractivity contribution >= 4 is 27.5 Å². The summed E-state index contributed by atoms with van der Waals surface area (Å²) < 4.78 is 6.31. The topological polar surface area (TPSA) is 21.3 Å². The average Bonchev–Trinajstić information content (AvgIpc) is 2.43. The van der Waals surface area contributed by atoms with E-state index in [1.165, 1.54) is 11.1 Å². The lowest BCUT2D eigenvalue weighted by Crippen LogP contribution is -2.22. The Hall–Kier alpha value is -1.03. The first kappa shape index (κ1) is 16.3. The minimum atomic E-state index is 0.106. The molecule has 21 heavy (non-hydrogen) atoms. The zero-order chi connectivity index (χ0) is 15.4. The van der Waals surface area contributed by atoms with Crippen molar-refractivity contribution in [3.63, 3.8) is 0 Å². The van der Waals surface area contributed by atoms with Gasteiger partial charge in [-0.25, -0.2) is 0 Å². The molecule has 0 aliphatic heterocycles. The van der Waals surface area contributed by atoms with Crippen LogP contribution in [-0.4, -0.2) is 13.7 Å². The quantitative estimate of drug-likeness (QED) is 0.791. The summed E-state index contributed by atoms with van der Waals surface area (Å²) in [5, 5.41) is 4.14. The van der Waals surface area contributed by atoms with E-state index in [9.17, 15) is 0 Å². The predicted octanol–water partition coefficient (Wildman–Crippen LogP) is 5.12. The molecule has 0 amide bonds. The minimum absolute atomic E-state index is 0.106. The summed E-state index contributed by atoms with van der Waals surface area (Å²) in [6.07, 6.45) is 0. The molecule has 2 aromatic rings. The first-order valence-electron chi connectivity index (χ1n) is 6.89. The van der Waals surface area contributed by atoms with E-state index in [4.69, 9.17) is 16.3 Å². The Kier molecular flexibility index (Phi) is 5.68. The van der Waals surface area contributed by atoms with Crippen LogP contribution >= 0.6 is 27.5 Å². The van der Waals surface area contributed by atoms with E-state index >= 15 is 0 Å². The Balaban J connectivity index is 2.45. The van der Waals surface area contributed by atoms with Crippen molar-refractivity contribution in [3.05, 3.63) is 62.6 Å². The van der Waals surface area contributed by atoms with E-state index in [1.54, 1.807) is 7.11 Å². The number of hydrogen-bond donors (Lipinski definition) is 1. The fourth-order valence-electron chi connectivity index (χ4n) is 2.43. The van der Waals surface area contributed by atoms with E-state index in [0.717, 1.165) is 16.6 Å².